The molecule has 0 radical (unpaired) electrons. The average Bonchev–Trinajstić information content (AvgIpc) is 3.12. The molecule has 7 nitrogen and oxygen atoms in total. The molecule has 0 saturated carbocycles. The van der Waals surface area contributed by atoms with Crippen LogP contribution in [0.15, 0.2) is 4.99 Å². The second kappa shape index (κ2) is 12.8. The number of nitrogens with one attached hydrogen (secondary N) is 3. The lowest BCUT2D eigenvalue weighted by Gasteiger charge is -2.34. The summed E-state index contributed by atoms with van der Waals surface area (Å²) in [5.41, 5.74) is -0.356. The number of likely N-dealkylation sites (tertiary alicyclic amines) is 1. The summed E-state index contributed by atoms with van der Waals surface area (Å²) in [4.78, 5) is 19.1. The van der Waals surface area contributed by atoms with E-state index in [1.807, 2.05) is 20.8 Å². The van der Waals surface area contributed by atoms with E-state index in [1.165, 1.54) is 13.0 Å². The Morgan fingerprint density at radius 2 is 1.89 bits per heavy atom. The zero-order valence-electron chi connectivity index (χ0n) is 18.1. The number of hydrogen-bond acceptors (Lipinski definition) is 4. The van der Waals surface area contributed by atoms with E-state index < -0.39 is 0 Å². The number of piperidine rings is 1. The zero-order chi connectivity index (χ0) is 19.7. The molecule has 1 amide bonds. The fraction of sp³-hybridized carbons (Fsp3) is 0.900. The molecular formula is C20H40IN5O2. The molecule has 2 rings (SSSR count). The Bertz CT molecular complexity index is 481. The van der Waals surface area contributed by atoms with Crippen molar-refractivity contribution in [2.24, 2.45) is 16.3 Å². The third-order valence-corrected chi connectivity index (χ3v) is 5.16. The summed E-state index contributed by atoms with van der Waals surface area (Å²) in [7, 11) is 0. The van der Waals surface area contributed by atoms with E-state index in [0.717, 1.165) is 57.6 Å². The van der Waals surface area contributed by atoms with Gasteiger partial charge in [0.15, 0.2) is 5.96 Å². The molecule has 164 valence electrons. The van der Waals surface area contributed by atoms with Crippen LogP contribution in [0.3, 0.4) is 0 Å². The standard InChI is InChI=1S/C20H39N5O2.HI/c1-5-21-19(23-10-9-22-18(26)20(2,3)4)24-17-6-11-25(12-7-17)14-16-8-13-27-15-16;/h16-17H,5-15H2,1-4H3,(H,22,26)(H2,21,23,24);1H. The Labute approximate surface area is 187 Å². The Morgan fingerprint density at radius 3 is 2.46 bits per heavy atom. The van der Waals surface area contributed by atoms with Crippen LogP contribution < -0.4 is 16.0 Å². The van der Waals surface area contributed by atoms with Crippen LogP contribution in [0, 0.1) is 11.3 Å². The molecule has 0 aromatic rings. The van der Waals surface area contributed by atoms with E-state index in [2.05, 4.69) is 32.8 Å². The zero-order valence-corrected chi connectivity index (χ0v) is 20.4. The van der Waals surface area contributed by atoms with Crippen molar-refractivity contribution < 1.29 is 9.53 Å². The van der Waals surface area contributed by atoms with Gasteiger partial charge in [0.05, 0.1) is 13.2 Å². The lowest BCUT2D eigenvalue weighted by atomic mass is 9.96. The smallest absolute Gasteiger partial charge is 0.225 e. The van der Waals surface area contributed by atoms with Crippen molar-refractivity contribution in [2.75, 3.05) is 52.5 Å². The molecule has 28 heavy (non-hydrogen) atoms. The number of halogens is 1. The van der Waals surface area contributed by atoms with Gasteiger partial charge in [-0.1, -0.05) is 20.8 Å². The fourth-order valence-corrected chi connectivity index (χ4v) is 3.47. The number of carbonyl (C=O) groups is 1. The quantitative estimate of drug-likeness (QED) is 0.211. The topological polar surface area (TPSA) is 78.0 Å². The summed E-state index contributed by atoms with van der Waals surface area (Å²) >= 11 is 0. The monoisotopic (exact) mass is 509 g/mol. The predicted octanol–water partition coefficient (Wildman–Crippen LogP) is 1.82. The Kier molecular flexibility index (Phi) is 11.7. The number of hydrogen-bond donors (Lipinski definition) is 3. The number of carbonyl (C=O) groups excluding carboxylic acids is 1. The molecule has 0 aliphatic carbocycles. The van der Waals surface area contributed by atoms with Crippen molar-refractivity contribution in [1.29, 1.82) is 0 Å². The van der Waals surface area contributed by atoms with Gasteiger partial charge in [-0.15, -0.1) is 24.0 Å². The molecule has 3 N–H and O–H groups in total. The van der Waals surface area contributed by atoms with E-state index in [1.54, 1.807) is 0 Å². The minimum absolute atomic E-state index is 0. The molecule has 1 atom stereocenters. The van der Waals surface area contributed by atoms with E-state index in [-0.39, 0.29) is 35.3 Å². The normalized spacial score (nSPS) is 21.9. The molecule has 2 aliphatic heterocycles. The van der Waals surface area contributed by atoms with Crippen LogP contribution in [0.25, 0.3) is 0 Å². The van der Waals surface area contributed by atoms with Gasteiger partial charge in [-0.2, -0.15) is 0 Å². The third-order valence-electron chi connectivity index (χ3n) is 5.16. The molecule has 2 saturated heterocycles. The molecule has 2 heterocycles. The van der Waals surface area contributed by atoms with Crippen molar-refractivity contribution in [2.45, 2.75) is 53.0 Å². The number of rotatable bonds is 7. The third kappa shape index (κ3) is 9.26. The number of guanidine groups is 1. The maximum Gasteiger partial charge on any atom is 0.225 e. The lowest BCUT2D eigenvalue weighted by molar-refractivity contribution is -0.128. The Morgan fingerprint density at radius 1 is 1.18 bits per heavy atom. The molecule has 2 fully saturated rings. The van der Waals surface area contributed by atoms with Crippen molar-refractivity contribution >= 4 is 35.8 Å². The van der Waals surface area contributed by atoms with Crippen LogP contribution in [0.1, 0.15) is 47.0 Å². The first-order chi connectivity index (χ1) is 12.9. The van der Waals surface area contributed by atoms with Crippen LogP contribution in [-0.2, 0) is 9.53 Å². The van der Waals surface area contributed by atoms with Gasteiger partial charge in [0.2, 0.25) is 5.91 Å². The molecule has 0 bridgehead atoms. The molecule has 0 aromatic heterocycles. The summed E-state index contributed by atoms with van der Waals surface area (Å²) < 4.78 is 5.49. The Balaban J connectivity index is 0.00000392. The number of amides is 1. The van der Waals surface area contributed by atoms with E-state index in [9.17, 15) is 4.79 Å². The average molecular weight is 509 g/mol. The largest absolute Gasteiger partial charge is 0.381 e. The SMILES string of the molecule is CCNC(=NCCNC(=O)C(C)(C)C)NC1CCN(CC2CCOC2)CC1.I. The highest BCUT2D eigenvalue weighted by Gasteiger charge is 2.24. The number of aliphatic imine (C=N–C) groups is 1. The summed E-state index contributed by atoms with van der Waals surface area (Å²) in [6, 6.07) is 0.461. The van der Waals surface area contributed by atoms with Crippen molar-refractivity contribution in [3.8, 4) is 0 Å². The van der Waals surface area contributed by atoms with Gasteiger partial charge in [0.25, 0.3) is 0 Å². The van der Waals surface area contributed by atoms with Gasteiger partial charge in [-0.25, -0.2) is 0 Å². The maximum atomic E-state index is 11.9. The van der Waals surface area contributed by atoms with Crippen molar-refractivity contribution in [3.63, 3.8) is 0 Å². The Hall–Kier alpha value is -0.610. The van der Waals surface area contributed by atoms with Gasteiger partial charge in [0, 0.05) is 50.8 Å². The summed E-state index contributed by atoms with van der Waals surface area (Å²) in [5, 5.41) is 9.82. The van der Waals surface area contributed by atoms with Gasteiger partial charge < -0.3 is 25.6 Å². The van der Waals surface area contributed by atoms with E-state index >= 15 is 0 Å². The first-order valence-corrected chi connectivity index (χ1v) is 10.5. The maximum absolute atomic E-state index is 11.9. The highest BCUT2D eigenvalue weighted by atomic mass is 127. The van der Waals surface area contributed by atoms with Crippen molar-refractivity contribution in [3.05, 3.63) is 0 Å². The van der Waals surface area contributed by atoms with Crippen LogP contribution in [-0.4, -0.2) is 75.3 Å². The molecule has 0 aromatic carbocycles. The molecule has 8 heteroatoms. The van der Waals surface area contributed by atoms with Gasteiger partial charge in [-0.05, 0) is 32.1 Å². The van der Waals surface area contributed by atoms with E-state index in [4.69, 9.17) is 4.74 Å². The second-order valence-corrected chi connectivity index (χ2v) is 8.72. The van der Waals surface area contributed by atoms with Gasteiger partial charge in [-0.3, -0.25) is 9.79 Å². The molecule has 2 aliphatic rings. The summed E-state index contributed by atoms with van der Waals surface area (Å²) in [5.74, 6) is 1.64. The van der Waals surface area contributed by atoms with Gasteiger partial charge >= 0.3 is 0 Å². The first-order valence-electron chi connectivity index (χ1n) is 10.5. The highest BCUT2D eigenvalue weighted by molar-refractivity contribution is 14.0. The van der Waals surface area contributed by atoms with Crippen LogP contribution in [0.2, 0.25) is 0 Å². The summed E-state index contributed by atoms with van der Waals surface area (Å²) in [6.07, 6.45) is 3.48. The molecule has 1 unspecified atom stereocenters. The van der Waals surface area contributed by atoms with E-state index in [0.29, 0.717) is 19.1 Å². The predicted molar refractivity (Wildman–Crippen MR) is 125 cm³/mol. The van der Waals surface area contributed by atoms with Crippen LogP contribution in [0.5, 0.6) is 0 Å². The van der Waals surface area contributed by atoms with Crippen molar-refractivity contribution in [1.82, 2.24) is 20.9 Å². The minimum atomic E-state index is -0.356. The molecular weight excluding hydrogens is 469 g/mol. The minimum Gasteiger partial charge on any atom is -0.381 e. The van der Waals surface area contributed by atoms with Crippen LogP contribution in [0.4, 0.5) is 0 Å². The lowest BCUT2D eigenvalue weighted by Crippen LogP contribution is -2.49. The summed E-state index contributed by atoms with van der Waals surface area (Å²) in [6.45, 7) is 15.1. The second-order valence-electron chi connectivity index (χ2n) is 8.72. The first kappa shape index (κ1) is 25.4. The molecule has 0 spiro atoms. The van der Waals surface area contributed by atoms with Gasteiger partial charge in [0.1, 0.15) is 0 Å². The number of ether oxygens (including phenoxy) is 1. The van der Waals surface area contributed by atoms with Crippen LogP contribution >= 0.6 is 24.0 Å². The fourth-order valence-electron chi connectivity index (χ4n) is 3.47. The number of nitrogens with zero attached hydrogens (tertiary/aromatic N) is 2. The highest BCUT2D eigenvalue weighted by Crippen LogP contribution is 2.17.